The highest BCUT2D eigenvalue weighted by Gasteiger charge is 2.33. The molecule has 6 nitrogen and oxygen atoms in total. The van der Waals surface area contributed by atoms with Crippen molar-refractivity contribution in [1.82, 2.24) is 10.2 Å². The molecule has 1 aliphatic rings. The Morgan fingerprint density at radius 2 is 1.87 bits per heavy atom. The molecule has 3 rings (SSSR count). The van der Waals surface area contributed by atoms with E-state index in [1.54, 1.807) is 4.90 Å². The van der Waals surface area contributed by atoms with Crippen LogP contribution in [0.3, 0.4) is 0 Å². The molecule has 0 spiro atoms. The van der Waals surface area contributed by atoms with Gasteiger partial charge < -0.3 is 24.4 Å². The molecule has 0 amide bonds. The number of ether oxygens (including phenoxy) is 3. The number of hydrogen-bond donors (Lipinski definition) is 1. The number of hydrogen-bond acceptors (Lipinski definition) is 5. The first kappa shape index (κ1) is 21.6. The molecule has 1 atom stereocenters. The lowest BCUT2D eigenvalue weighted by molar-refractivity contribution is -0.136. The zero-order valence-electron chi connectivity index (χ0n) is 17.6. The Morgan fingerprint density at radius 3 is 2.53 bits per heavy atom. The summed E-state index contributed by atoms with van der Waals surface area (Å²) in [5, 5.41) is 3.76. The average molecular weight is 427 g/mol. The minimum absolute atomic E-state index is 0.401. The normalized spacial score (nSPS) is 16.2. The SMILES string of the molecule is CCOc1cc([C@@H]2NC(=S)N(C)C(C)=C2C(=O)OC)ccc1OCc1ccccc1. The molecule has 0 bridgehead atoms. The standard InChI is InChI=1S/C23H26N2O4S/c1-5-28-19-13-17(11-12-18(19)29-14-16-9-7-6-8-10-16)21-20(22(26)27-4)15(2)25(3)23(30)24-21/h6-13,21H,5,14H2,1-4H3,(H,24,30)/t21-/m0/s1. The molecule has 0 saturated carbocycles. The highest BCUT2D eigenvalue weighted by molar-refractivity contribution is 7.80. The minimum atomic E-state index is -0.441. The largest absolute Gasteiger partial charge is 0.490 e. The van der Waals surface area contributed by atoms with Crippen molar-refractivity contribution in [2.75, 3.05) is 20.8 Å². The van der Waals surface area contributed by atoms with E-state index in [1.165, 1.54) is 7.11 Å². The van der Waals surface area contributed by atoms with Crippen molar-refractivity contribution in [3.63, 3.8) is 0 Å². The van der Waals surface area contributed by atoms with Crippen molar-refractivity contribution in [2.24, 2.45) is 0 Å². The second kappa shape index (κ2) is 9.63. The Kier molecular flexibility index (Phi) is 6.95. The second-order valence-corrected chi connectivity index (χ2v) is 7.23. The van der Waals surface area contributed by atoms with E-state index in [-0.39, 0.29) is 0 Å². The van der Waals surface area contributed by atoms with Gasteiger partial charge in [0.1, 0.15) is 6.61 Å². The van der Waals surface area contributed by atoms with Crippen LogP contribution >= 0.6 is 12.2 Å². The van der Waals surface area contributed by atoms with Gasteiger partial charge in [-0.3, -0.25) is 0 Å². The van der Waals surface area contributed by atoms with Gasteiger partial charge in [0.2, 0.25) is 0 Å². The Hall–Kier alpha value is -3.06. The molecule has 1 aliphatic heterocycles. The summed E-state index contributed by atoms with van der Waals surface area (Å²) in [6.45, 7) is 4.69. The third-order valence-electron chi connectivity index (χ3n) is 5.00. The monoisotopic (exact) mass is 426 g/mol. The molecule has 7 heteroatoms. The zero-order chi connectivity index (χ0) is 21.7. The predicted molar refractivity (Wildman–Crippen MR) is 119 cm³/mol. The third-order valence-corrected chi connectivity index (χ3v) is 5.39. The topological polar surface area (TPSA) is 60.0 Å². The van der Waals surface area contributed by atoms with Gasteiger partial charge in [-0.2, -0.15) is 0 Å². The van der Waals surface area contributed by atoms with Gasteiger partial charge in [0, 0.05) is 12.7 Å². The Labute approximate surface area is 182 Å². The van der Waals surface area contributed by atoms with Crippen molar-refractivity contribution in [3.05, 3.63) is 70.9 Å². The molecule has 1 heterocycles. The summed E-state index contributed by atoms with van der Waals surface area (Å²) in [5.74, 6) is 0.849. The van der Waals surface area contributed by atoms with Crippen LogP contribution in [0.5, 0.6) is 11.5 Å². The van der Waals surface area contributed by atoms with E-state index in [4.69, 9.17) is 26.4 Å². The van der Waals surface area contributed by atoms with Gasteiger partial charge in [-0.25, -0.2) is 4.79 Å². The van der Waals surface area contributed by atoms with Crippen LogP contribution in [0.4, 0.5) is 0 Å². The van der Waals surface area contributed by atoms with Gasteiger partial charge in [-0.15, -0.1) is 0 Å². The lowest BCUT2D eigenvalue weighted by Crippen LogP contribution is -2.46. The fourth-order valence-electron chi connectivity index (χ4n) is 3.29. The van der Waals surface area contributed by atoms with Crippen molar-refractivity contribution in [1.29, 1.82) is 0 Å². The Balaban J connectivity index is 1.94. The number of thiocarbonyl (C=S) groups is 1. The van der Waals surface area contributed by atoms with Crippen LogP contribution in [-0.2, 0) is 16.1 Å². The fourth-order valence-corrected chi connectivity index (χ4v) is 3.54. The maximum absolute atomic E-state index is 12.5. The molecule has 1 N–H and O–H groups in total. The molecule has 0 radical (unpaired) electrons. The smallest absolute Gasteiger partial charge is 0.337 e. The lowest BCUT2D eigenvalue weighted by atomic mass is 9.95. The number of nitrogens with one attached hydrogen (secondary N) is 1. The number of nitrogens with zero attached hydrogens (tertiary/aromatic N) is 1. The maximum Gasteiger partial charge on any atom is 0.337 e. The average Bonchev–Trinajstić information content (AvgIpc) is 2.76. The zero-order valence-corrected chi connectivity index (χ0v) is 18.4. The molecular formula is C23H26N2O4S. The Bertz CT molecular complexity index is 959. The number of methoxy groups -OCH3 is 1. The number of rotatable bonds is 7. The highest BCUT2D eigenvalue weighted by Crippen LogP contribution is 2.36. The van der Waals surface area contributed by atoms with E-state index in [9.17, 15) is 4.79 Å². The molecule has 0 aromatic heterocycles. The van der Waals surface area contributed by atoms with Gasteiger partial charge >= 0.3 is 5.97 Å². The van der Waals surface area contributed by atoms with E-state index in [0.717, 1.165) is 16.8 Å². The van der Waals surface area contributed by atoms with Crippen molar-refractivity contribution in [2.45, 2.75) is 26.5 Å². The summed E-state index contributed by atoms with van der Waals surface area (Å²) in [5.41, 5.74) is 3.16. The van der Waals surface area contributed by atoms with E-state index in [0.29, 0.717) is 35.4 Å². The van der Waals surface area contributed by atoms with E-state index in [1.807, 2.05) is 69.4 Å². The van der Waals surface area contributed by atoms with Gasteiger partial charge in [-0.1, -0.05) is 36.4 Å². The number of benzene rings is 2. The molecule has 0 saturated heterocycles. The van der Waals surface area contributed by atoms with Crippen LogP contribution in [0.25, 0.3) is 0 Å². The molecule has 2 aromatic rings. The summed E-state index contributed by atoms with van der Waals surface area (Å²) in [4.78, 5) is 14.3. The maximum atomic E-state index is 12.5. The number of allylic oxidation sites excluding steroid dienone is 1. The molecule has 0 unspecified atom stereocenters. The summed E-state index contributed by atoms with van der Waals surface area (Å²) >= 11 is 5.44. The lowest BCUT2D eigenvalue weighted by Gasteiger charge is -2.35. The van der Waals surface area contributed by atoms with Crippen molar-refractivity contribution in [3.8, 4) is 11.5 Å². The molecule has 30 heavy (non-hydrogen) atoms. The molecular weight excluding hydrogens is 400 g/mol. The molecule has 0 fully saturated rings. The first-order valence-corrected chi connectivity index (χ1v) is 10.1. The highest BCUT2D eigenvalue weighted by atomic mass is 32.1. The summed E-state index contributed by atoms with van der Waals surface area (Å²) in [6, 6.07) is 15.1. The van der Waals surface area contributed by atoms with Crippen LogP contribution in [0.2, 0.25) is 0 Å². The van der Waals surface area contributed by atoms with Crippen LogP contribution in [0.15, 0.2) is 59.8 Å². The molecule has 158 valence electrons. The predicted octanol–water partition coefficient (Wildman–Crippen LogP) is 3.97. The van der Waals surface area contributed by atoms with E-state index >= 15 is 0 Å². The number of esters is 1. The summed E-state index contributed by atoms with van der Waals surface area (Å²) in [6.07, 6.45) is 0. The van der Waals surface area contributed by atoms with Crippen LogP contribution in [0, 0.1) is 0 Å². The number of carbonyl (C=O) groups excluding carboxylic acids is 1. The first-order chi connectivity index (χ1) is 14.5. The van der Waals surface area contributed by atoms with Gasteiger partial charge in [-0.05, 0) is 49.3 Å². The van der Waals surface area contributed by atoms with Gasteiger partial charge in [0.05, 0.1) is 25.3 Å². The number of carbonyl (C=O) groups is 1. The van der Waals surface area contributed by atoms with Crippen LogP contribution < -0.4 is 14.8 Å². The summed E-state index contributed by atoms with van der Waals surface area (Å²) < 4.78 is 16.8. The van der Waals surface area contributed by atoms with Crippen LogP contribution in [0.1, 0.15) is 31.0 Å². The van der Waals surface area contributed by atoms with Gasteiger partial charge in [0.25, 0.3) is 0 Å². The first-order valence-electron chi connectivity index (χ1n) is 9.73. The van der Waals surface area contributed by atoms with Gasteiger partial charge in [0.15, 0.2) is 16.6 Å². The quantitative estimate of drug-likeness (QED) is 0.531. The minimum Gasteiger partial charge on any atom is -0.490 e. The summed E-state index contributed by atoms with van der Waals surface area (Å²) in [7, 11) is 3.19. The second-order valence-electron chi connectivity index (χ2n) is 6.85. The van der Waals surface area contributed by atoms with Crippen LogP contribution in [-0.4, -0.2) is 36.7 Å². The molecule has 0 aliphatic carbocycles. The van der Waals surface area contributed by atoms with E-state index in [2.05, 4.69) is 5.32 Å². The fraction of sp³-hybridized carbons (Fsp3) is 0.304. The molecule has 2 aromatic carbocycles. The van der Waals surface area contributed by atoms with Crippen molar-refractivity contribution < 1.29 is 19.0 Å². The third kappa shape index (κ3) is 4.57. The van der Waals surface area contributed by atoms with E-state index < -0.39 is 12.0 Å². The van der Waals surface area contributed by atoms with Crippen molar-refractivity contribution >= 4 is 23.3 Å². The Morgan fingerprint density at radius 1 is 1.13 bits per heavy atom.